The van der Waals surface area contributed by atoms with E-state index in [0.717, 1.165) is 57.3 Å². The predicted molar refractivity (Wildman–Crippen MR) is 135 cm³/mol. The number of hydrogen-bond donors (Lipinski definition) is 1. The maximum Gasteiger partial charge on any atom is 0.248 e. The standard InChI is InChI=1S/C28H31FN2OS/c1-20-18-26(33-19-20)27(22-9-11-25(29)12-10-22)23-13-16-31(17-14-23)15-3-2-4-21-5-7-24(8-6-21)28(30)32/h5-12,18-19H,2-4,13-17H2,1H3,(H2,30,32). The first kappa shape index (κ1) is 23.4. The van der Waals surface area contributed by atoms with Gasteiger partial charge in [0.2, 0.25) is 5.91 Å². The van der Waals surface area contributed by atoms with Crippen molar-refractivity contribution in [2.45, 2.75) is 39.0 Å². The average Bonchev–Trinajstić information content (AvgIpc) is 3.25. The number of carbonyl (C=O) groups is 1. The quantitative estimate of drug-likeness (QED) is 0.404. The second-order valence-corrected chi connectivity index (χ2v) is 9.74. The number of rotatable bonds is 8. The van der Waals surface area contributed by atoms with Crippen molar-refractivity contribution < 1.29 is 9.18 Å². The third-order valence-electron chi connectivity index (χ3n) is 6.35. The number of thiophene rings is 1. The fourth-order valence-corrected chi connectivity index (χ4v) is 5.51. The Morgan fingerprint density at radius 1 is 1.00 bits per heavy atom. The summed E-state index contributed by atoms with van der Waals surface area (Å²) in [6.45, 7) is 5.37. The van der Waals surface area contributed by atoms with Crippen LogP contribution in [0.3, 0.4) is 0 Å². The van der Waals surface area contributed by atoms with Gasteiger partial charge < -0.3 is 10.6 Å². The Morgan fingerprint density at radius 3 is 2.27 bits per heavy atom. The zero-order valence-corrected chi connectivity index (χ0v) is 20.0. The molecule has 5 heteroatoms. The Bertz CT molecular complexity index is 1110. The van der Waals surface area contributed by atoms with Gasteiger partial charge in [0, 0.05) is 23.5 Å². The Labute approximate surface area is 199 Å². The van der Waals surface area contributed by atoms with E-state index < -0.39 is 0 Å². The van der Waals surface area contributed by atoms with E-state index in [2.05, 4.69) is 23.3 Å². The Balaban J connectivity index is 1.33. The van der Waals surface area contributed by atoms with Crippen LogP contribution in [0.2, 0.25) is 0 Å². The number of aryl methyl sites for hydroxylation is 2. The minimum Gasteiger partial charge on any atom is -0.366 e. The number of primary amides is 1. The van der Waals surface area contributed by atoms with Crippen molar-refractivity contribution in [3.8, 4) is 0 Å². The molecule has 0 spiro atoms. The molecule has 1 amide bonds. The Morgan fingerprint density at radius 2 is 1.67 bits per heavy atom. The fourth-order valence-electron chi connectivity index (χ4n) is 4.50. The van der Waals surface area contributed by atoms with E-state index in [1.165, 1.54) is 27.2 Å². The molecule has 1 fully saturated rings. The van der Waals surface area contributed by atoms with Crippen LogP contribution in [0.1, 0.15) is 57.6 Å². The number of unbranched alkanes of at least 4 members (excludes halogenated alkanes) is 1. The van der Waals surface area contributed by atoms with Gasteiger partial charge in [-0.05, 0) is 104 Å². The predicted octanol–water partition coefficient (Wildman–Crippen LogP) is 6.22. The van der Waals surface area contributed by atoms with Crippen LogP contribution >= 0.6 is 11.3 Å². The van der Waals surface area contributed by atoms with Crippen LogP contribution in [0.4, 0.5) is 4.39 Å². The number of carbonyl (C=O) groups excluding carboxylic acids is 1. The highest BCUT2D eigenvalue weighted by molar-refractivity contribution is 7.11. The first-order valence-corrected chi connectivity index (χ1v) is 12.5. The normalized spacial score (nSPS) is 14.4. The molecule has 2 aromatic carbocycles. The largest absolute Gasteiger partial charge is 0.366 e. The molecule has 1 aliphatic heterocycles. The van der Waals surface area contributed by atoms with Crippen molar-refractivity contribution in [2.75, 3.05) is 19.6 Å². The van der Waals surface area contributed by atoms with Gasteiger partial charge in [0.1, 0.15) is 5.82 Å². The van der Waals surface area contributed by atoms with E-state index in [4.69, 9.17) is 5.73 Å². The number of nitrogens with two attached hydrogens (primary N) is 1. The number of benzene rings is 2. The van der Waals surface area contributed by atoms with E-state index in [0.29, 0.717) is 5.56 Å². The van der Waals surface area contributed by atoms with Gasteiger partial charge in [-0.3, -0.25) is 4.79 Å². The lowest BCUT2D eigenvalue weighted by Gasteiger charge is -2.30. The fraction of sp³-hybridized carbons (Fsp3) is 0.321. The van der Waals surface area contributed by atoms with Crippen molar-refractivity contribution in [3.05, 3.63) is 98.5 Å². The van der Waals surface area contributed by atoms with Gasteiger partial charge in [-0.2, -0.15) is 0 Å². The highest BCUT2D eigenvalue weighted by Gasteiger charge is 2.19. The zero-order valence-electron chi connectivity index (χ0n) is 19.1. The average molecular weight is 463 g/mol. The highest BCUT2D eigenvalue weighted by atomic mass is 32.1. The monoisotopic (exact) mass is 462 g/mol. The van der Waals surface area contributed by atoms with Crippen molar-refractivity contribution >= 4 is 22.8 Å². The topological polar surface area (TPSA) is 46.3 Å². The van der Waals surface area contributed by atoms with E-state index in [-0.39, 0.29) is 11.7 Å². The van der Waals surface area contributed by atoms with Gasteiger partial charge >= 0.3 is 0 Å². The third kappa shape index (κ3) is 6.18. The van der Waals surface area contributed by atoms with Gasteiger partial charge in [0.25, 0.3) is 0 Å². The van der Waals surface area contributed by atoms with Crippen LogP contribution in [-0.4, -0.2) is 30.4 Å². The molecule has 2 N–H and O–H groups in total. The minimum absolute atomic E-state index is 0.191. The molecule has 3 aromatic rings. The summed E-state index contributed by atoms with van der Waals surface area (Å²) in [6.07, 6.45) is 5.41. The Kier molecular flexibility index (Phi) is 7.73. The molecule has 1 saturated heterocycles. The molecule has 0 aliphatic carbocycles. The summed E-state index contributed by atoms with van der Waals surface area (Å²) in [4.78, 5) is 15.0. The molecule has 3 nitrogen and oxygen atoms in total. The molecule has 0 atom stereocenters. The lowest BCUT2D eigenvalue weighted by Crippen LogP contribution is -2.32. The van der Waals surface area contributed by atoms with Crippen LogP contribution in [0, 0.1) is 12.7 Å². The minimum atomic E-state index is -0.378. The van der Waals surface area contributed by atoms with Gasteiger partial charge in [-0.15, -0.1) is 11.3 Å². The molecular formula is C28H31FN2OS. The summed E-state index contributed by atoms with van der Waals surface area (Å²) >= 11 is 1.78. The molecule has 1 aliphatic rings. The molecule has 172 valence electrons. The van der Waals surface area contributed by atoms with E-state index in [1.807, 2.05) is 36.4 Å². The van der Waals surface area contributed by atoms with E-state index >= 15 is 0 Å². The van der Waals surface area contributed by atoms with Gasteiger partial charge in [-0.25, -0.2) is 4.39 Å². The van der Waals surface area contributed by atoms with Crippen molar-refractivity contribution in [1.29, 1.82) is 0 Å². The number of hydrogen-bond acceptors (Lipinski definition) is 3. The van der Waals surface area contributed by atoms with Crippen LogP contribution in [0.25, 0.3) is 5.57 Å². The number of likely N-dealkylation sites (tertiary alicyclic amines) is 1. The number of amides is 1. The maximum atomic E-state index is 13.5. The van der Waals surface area contributed by atoms with Crippen LogP contribution in [0.5, 0.6) is 0 Å². The molecule has 1 aromatic heterocycles. The lowest BCUT2D eigenvalue weighted by atomic mass is 9.91. The van der Waals surface area contributed by atoms with E-state index in [9.17, 15) is 9.18 Å². The number of halogens is 1. The van der Waals surface area contributed by atoms with Crippen LogP contribution in [0.15, 0.2) is 65.6 Å². The van der Waals surface area contributed by atoms with Crippen LogP contribution < -0.4 is 5.73 Å². The molecule has 2 heterocycles. The maximum absolute atomic E-state index is 13.5. The summed E-state index contributed by atoms with van der Waals surface area (Å²) in [6, 6.07) is 16.8. The summed E-state index contributed by atoms with van der Waals surface area (Å²) in [5, 5.41) is 2.19. The van der Waals surface area contributed by atoms with Gasteiger partial charge in [0.15, 0.2) is 0 Å². The van der Waals surface area contributed by atoms with Crippen LogP contribution in [-0.2, 0) is 6.42 Å². The lowest BCUT2D eigenvalue weighted by molar-refractivity contribution is 0.100. The van der Waals surface area contributed by atoms with Gasteiger partial charge in [-0.1, -0.05) is 29.8 Å². The van der Waals surface area contributed by atoms with Crippen molar-refractivity contribution in [1.82, 2.24) is 4.90 Å². The molecule has 33 heavy (non-hydrogen) atoms. The first-order chi connectivity index (χ1) is 16.0. The van der Waals surface area contributed by atoms with Gasteiger partial charge in [0.05, 0.1) is 0 Å². The summed E-state index contributed by atoms with van der Waals surface area (Å²) in [5.41, 5.74) is 12.3. The molecular weight excluding hydrogens is 431 g/mol. The van der Waals surface area contributed by atoms with Crippen molar-refractivity contribution in [2.24, 2.45) is 5.73 Å². The number of nitrogens with zero attached hydrogens (tertiary/aromatic N) is 1. The zero-order chi connectivity index (χ0) is 23.2. The molecule has 0 bridgehead atoms. The van der Waals surface area contributed by atoms with Crippen molar-refractivity contribution in [3.63, 3.8) is 0 Å². The van der Waals surface area contributed by atoms with E-state index in [1.54, 1.807) is 23.5 Å². The molecule has 0 radical (unpaired) electrons. The molecule has 0 saturated carbocycles. The second-order valence-electron chi connectivity index (χ2n) is 8.83. The number of piperidine rings is 1. The second kappa shape index (κ2) is 10.9. The SMILES string of the molecule is Cc1csc(C(=C2CCN(CCCCc3ccc(C(N)=O)cc3)CC2)c2ccc(F)cc2)c1. The summed E-state index contributed by atoms with van der Waals surface area (Å²) < 4.78 is 13.5. The highest BCUT2D eigenvalue weighted by Crippen LogP contribution is 2.35. The summed E-state index contributed by atoms with van der Waals surface area (Å²) in [7, 11) is 0. The molecule has 0 unspecified atom stereocenters. The summed E-state index contributed by atoms with van der Waals surface area (Å²) in [5.74, 6) is -0.569. The Hall–Kier alpha value is -2.76. The molecule has 4 rings (SSSR count). The smallest absolute Gasteiger partial charge is 0.248 e. The third-order valence-corrected chi connectivity index (χ3v) is 7.42. The first-order valence-electron chi connectivity index (χ1n) is 11.6.